The van der Waals surface area contributed by atoms with Crippen molar-refractivity contribution in [1.29, 1.82) is 0 Å². The van der Waals surface area contributed by atoms with Crippen molar-refractivity contribution in [2.45, 2.75) is 12.6 Å². The van der Waals surface area contributed by atoms with Crippen molar-refractivity contribution < 1.29 is 4.74 Å². The van der Waals surface area contributed by atoms with E-state index in [0.29, 0.717) is 0 Å². The van der Waals surface area contributed by atoms with Crippen LogP contribution in [0, 0.1) is 0 Å². The standard InChI is InChI=1S/C11H12N2O/c1-2-4-10-9(3-1)7-11(14-10)13-6-5-12-8-13/h1-4,8,11H,5-7H2/t11-/m1/s1. The zero-order valence-electron chi connectivity index (χ0n) is 7.89. The Bertz CT molecular complexity index is 350. The van der Waals surface area contributed by atoms with Gasteiger partial charge in [0, 0.05) is 13.0 Å². The van der Waals surface area contributed by atoms with Crippen molar-refractivity contribution in [2.24, 2.45) is 4.99 Å². The first-order valence-electron chi connectivity index (χ1n) is 4.94. The van der Waals surface area contributed by atoms with E-state index in [0.717, 1.165) is 25.3 Å². The Kier molecular flexibility index (Phi) is 1.69. The Morgan fingerprint density at radius 2 is 2.29 bits per heavy atom. The van der Waals surface area contributed by atoms with Gasteiger partial charge in [-0.15, -0.1) is 0 Å². The molecule has 0 unspecified atom stereocenters. The zero-order valence-corrected chi connectivity index (χ0v) is 7.89. The molecular weight excluding hydrogens is 176 g/mol. The summed E-state index contributed by atoms with van der Waals surface area (Å²) < 4.78 is 5.83. The number of ether oxygens (including phenoxy) is 1. The Morgan fingerprint density at radius 1 is 1.36 bits per heavy atom. The minimum Gasteiger partial charge on any atom is -0.470 e. The van der Waals surface area contributed by atoms with Gasteiger partial charge in [-0.25, -0.2) is 0 Å². The van der Waals surface area contributed by atoms with Gasteiger partial charge in [0.2, 0.25) is 0 Å². The molecule has 3 heteroatoms. The summed E-state index contributed by atoms with van der Waals surface area (Å²) in [5.74, 6) is 1.03. The average molecular weight is 188 g/mol. The summed E-state index contributed by atoms with van der Waals surface area (Å²) in [6.45, 7) is 1.88. The van der Waals surface area contributed by atoms with E-state index in [1.165, 1.54) is 5.56 Å². The first-order valence-corrected chi connectivity index (χ1v) is 4.94. The van der Waals surface area contributed by atoms with Crippen LogP contribution in [0.4, 0.5) is 0 Å². The van der Waals surface area contributed by atoms with E-state index < -0.39 is 0 Å². The Labute approximate surface area is 83.0 Å². The molecule has 0 amide bonds. The lowest BCUT2D eigenvalue weighted by Gasteiger charge is -2.21. The van der Waals surface area contributed by atoms with Crippen LogP contribution in [0.1, 0.15) is 5.56 Å². The van der Waals surface area contributed by atoms with Crippen LogP contribution in [0.5, 0.6) is 5.75 Å². The normalized spacial score (nSPS) is 23.7. The van der Waals surface area contributed by atoms with E-state index in [1.807, 2.05) is 18.5 Å². The van der Waals surface area contributed by atoms with Crippen LogP contribution < -0.4 is 4.74 Å². The summed E-state index contributed by atoms with van der Waals surface area (Å²) in [5, 5.41) is 0. The van der Waals surface area contributed by atoms with Gasteiger partial charge in [0.1, 0.15) is 5.75 Å². The molecule has 72 valence electrons. The summed E-state index contributed by atoms with van der Waals surface area (Å²) in [7, 11) is 0. The van der Waals surface area contributed by atoms with E-state index in [-0.39, 0.29) is 6.23 Å². The first kappa shape index (κ1) is 7.85. The maximum Gasteiger partial charge on any atom is 0.177 e. The Hall–Kier alpha value is -1.51. The maximum atomic E-state index is 5.83. The highest BCUT2D eigenvalue weighted by molar-refractivity contribution is 5.58. The fourth-order valence-electron chi connectivity index (χ4n) is 1.96. The molecule has 1 aromatic carbocycles. The number of hydrogen-bond donors (Lipinski definition) is 0. The zero-order chi connectivity index (χ0) is 9.38. The van der Waals surface area contributed by atoms with Crippen LogP contribution in [0.25, 0.3) is 0 Å². The molecular formula is C11H12N2O. The van der Waals surface area contributed by atoms with Crippen LogP contribution in [0.15, 0.2) is 29.3 Å². The molecule has 2 heterocycles. The molecule has 0 bridgehead atoms. The van der Waals surface area contributed by atoms with E-state index in [4.69, 9.17) is 4.74 Å². The lowest BCUT2D eigenvalue weighted by atomic mass is 10.1. The van der Waals surface area contributed by atoms with Gasteiger partial charge >= 0.3 is 0 Å². The third-order valence-electron chi connectivity index (χ3n) is 2.72. The fraction of sp³-hybridized carbons (Fsp3) is 0.364. The Balaban J connectivity index is 1.81. The molecule has 0 saturated carbocycles. The van der Waals surface area contributed by atoms with E-state index in [1.54, 1.807) is 0 Å². The molecule has 2 aliphatic rings. The molecule has 3 nitrogen and oxygen atoms in total. The van der Waals surface area contributed by atoms with Crippen molar-refractivity contribution in [3.05, 3.63) is 29.8 Å². The van der Waals surface area contributed by atoms with Crippen molar-refractivity contribution >= 4 is 6.34 Å². The van der Waals surface area contributed by atoms with E-state index in [9.17, 15) is 0 Å². The second-order valence-corrected chi connectivity index (χ2v) is 3.64. The number of rotatable bonds is 1. The largest absolute Gasteiger partial charge is 0.470 e. The summed E-state index contributed by atoms with van der Waals surface area (Å²) in [4.78, 5) is 6.36. The molecule has 0 radical (unpaired) electrons. The third kappa shape index (κ3) is 1.16. The highest BCUT2D eigenvalue weighted by Gasteiger charge is 2.27. The van der Waals surface area contributed by atoms with Gasteiger partial charge in [-0.1, -0.05) is 18.2 Å². The second kappa shape index (κ2) is 3.01. The average Bonchev–Trinajstić information content (AvgIpc) is 2.86. The van der Waals surface area contributed by atoms with Crippen molar-refractivity contribution in [3.63, 3.8) is 0 Å². The third-order valence-corrected chi connectivity index (χ3v) is 2.72. The van der Waals surface area contributed by atoms with Crippen LogP contribution in [0.2, 0.25) is 0 Å². The number of para-hydroxylation sites is 1. The van der Waals surface area contributed by atoms with E-state index in [2.05, 4.69) is 22.0 Å². The number of aliphatic imine (C=N–C) groups is 1. The molecule has 1 aromatic rings. The summed E-state index contributed by atoms with van der Waals surface area (Å²) in [6, 6.07) is 8.23. The molecule has 0 aromatic heterocycles. The maximum absolute atomic E-state index is 5.83. The molecule has 0 spiro atoms. The Morgan fingerprint density at radius 3 is 3.07 bits per heavy atom. The topological polar surface area (TPSA) is 24.8 Å². The van der Waals surface area contributed by atoms with Gasteiger partial charge in [-0.2, -0.15) is 0 Å². The number of benzene rings is 1. The minimum absolute atomic E-state index is 0.165. The smallest absolute Gasteiger partial charge is 0.177 e. The second-order valence-electron chi connectivity index (χ2n) is 3.64. The predicted octanol–water partition coefficient (Wildman–Crippen LogP) is 1.29. The van der Waals surface area contributed by atoms with Gasteiger partial charge in [-0.3, -0.25) is 4.99 Å². The summed E-state index contributed by atoms with van der Waals surface area (Å²) >= 11 is 0. The lowest BCUT2D eigenvalue weighted by molar-refractivity contribution is 0.112. The fourth-order valence-corrected chi connectivity index (χ4v) is 1.96. The van der Waals surface area contributed by atoms with Gasteiger partial charge < -0.3 is 9.64 Å². The van der Waals surface area contributed by atoms with Crippen molar-refractivity contribution in [2.75, 3.05) is 13.1 Å². The van der Waals surface area contributed by atoms with Crippen LogP contribution >= 0.6 is 0 Å². The summed E-state index contributed by atoms with van der Waals surface area (Å²) in [6.07, 6.45) is 3.04. The van der Waals surface area contributed by atoms with Gasteiger partial charge in [0.05, 0.1) is 12.9 Å². The van der Waals surface area contributed by atoms with Crippen molar-refractivity contribution in [3.8, 4) is 5.75 Å². The summed E-state index contributed by atoms with van der Waals surface area (Å²) in [5.41, 5.74) is 1.30. The molecule has 14 heavy (non-hydrogen) atoms. The van der Waals surface area contributed by atoms with Gasteiger partial charge in [0.15, 0.2) is 6.23 Å². The first-order chi connectivity index (χ1) is 6.93. The highest BCUT2D eigenvalue weighted by Crippen LogP contribution is 2.29. The molecule has 3 rings (SSSR count). The number of hydrogen-bond acceptors (Lipinski definition) is 3. The molecule has 0 aliphatic carbocycles. The number of fused-ring (bicyclic) bond motifs is 1. The lowest BCUT2D eigenvalue weighted by Crippen LogP contribution is -2.36. The van der Waals surface area contributed by atoms with Crippen molar-refractivity contribution in [1.82, 2.24) is 4.90 Å². The monoisotopic (exact) mass is 188 g/mol. The SMILES string of the molecule is C1=NCCN1[C@H]1Cc2ccccc2O1. The molecule has 2 aliphatic heterocycles. The van der Waals surface area contributed by atoms with Crippen LogP contribution in [-0.2, 0) is 6.42 Å². The van der Waals surface area contributed by atoms with E-state index >= 15 is 0 Å². The molecule has 0 fully saturated rings. The van der Waals surface area contributed by atoms with Gasteiger partial charge in [0.25, 0.3) is 0 Å². The number of nitrogens with zero attached hydrogens (tertiary/aromatic N) is 2. The molecule has 1 atom stereocenters. The predicted molar refractivity (Wildman–Crippen MR) is 54.6 cm³/mol. The van der Waals surface area contributed by atoms with Crippen LogP contribution in [0.3, 0.4) is 0 Å². The minimum atomic E-state index is 0.165. The molecule has 0 N–H and O–H groups in total. The highest BCUT2D eigenvalue weighted by atomic mass is 16.5. The quantitative estimate of drug-likeness (QED) is 0.663. The van der Waals surface area contributed by atoms with Crippen LogP contribution in [-0.4, -0.2) is 30.6 Å². The molecule has 0 saturated heterocycles. The van der Waals surface area contributed by atoms with Gasteiger partial charge in [-0.05, 0) is 11.6 Å².